The number of ether oxygens (including phenoxy) is 1. The molecule has 2 heterocycles. The minimum absolute atomic E-state index is 0.00164. The maximum absolute atomic E-state index is 13.7. The number of hydrogen-bond donors (Lipinski definition) is 1. The third-order valence-electron chi connectivity index (χ3n) is 3.54. The Bertz CT molecular complexity index is 937. The minimum atomic E-state index is -0.512. The summed E-state index contributed by atoms with van der Waals surface area (Å²) in [6.07, 6.45) is 2.91. The molecule has 7 nitrogen and oxygen atoms in total. The number of hydrogen-bond acceptors (Lipinski definition) is 6. The first-order chi connectivity index (χ1) is 12.4. The van der Waals surface area contributed by atoms with Gasteiger partial charge in [-0.05, 0) is 32.9 Å². The van der Waals surface area contributed by atoms with E-state index in [-0.39, 0.29) is 17.5 Å². The highest BCUT2D eigenvalue weighted by Crippen LogP contribution is 2.25. The summed E-state index contributed by atoms with van der Waals surface area (Å²) in [7, 11) is 0. The molecule has 0 bridgehead atoms. The van der Waals surface area contributed by atoms with Gasteiger partial charge in [0.05, 0.1) is 29.0 Å². The van der Waals surface area contributed by atoms with Crippen LogP contribution < -0.4 is 10.1 Å². The van der Waals surface area contributed by atoms with Gasteiger partial charge in [-0.3, -0.25) is 9.78 Å². The summed E-state index contributed by atoms with van der Waals surface area (Å²) in [5, 5.41) is 2.72. The Labute approximate surface area is 149 Å². The molecular formula is C18H16FN5O2. The predicted molar refractivity (Wildman–Crippen MR) is 92.7 cm³/mol. The van der Waals surface area contributed by atoms with E-state index >= 15 is 0 Å². The van der Waals surface area contributed by atoms with Gasteiger partial charge in [0.15, 0.2) is 11.6 Å². The number of aromatic nitrogens is 4. The number of carbonyl (C=O) groups excluding carboxylic acids is 1. The first kappa shape index (κ1) is 17.4. The van der Waals surface area contributed by atoms with Crippen LogP contribution in [0.2, 0.25) is 0 Å². The molecule has 26 heavy (non-hydrogen) atoms. The van der Waals surface area contributed by atoms with Gasteiger partial charge >= 0.3 is 6.01 Å². The summed E-state index contributed by atoms with van der Waals surface area (Å²) in [4.78, 5) is 28.7. The molecule has 0 spiro atoms. The highest BCUT2D eigenvalue weighted by atomic mass is 19.1. The number of carbonyl (C=O) groups is 1. The molecule has 2 aromatic heterocycles. The van der Waals surface area contributed by atoms with Crippen LogP contribution in [0.4, 0.5) is 10.1 Å². The highest BCUT2D eigenvalue weighted by Gasteiger charge is 2.15. The summed E-state index contributed by atoms with van der Waals surface area (Å²) in [6, 6.07) is 5.97. The van der Waals surface area contributed by atoms with Crippen molar-refractivity contribution >= 4 is 11.6 Å². The summed E-state index contributed by atoms with van der Waals surface area (Å²) in [5.74, 6) is -0.908. The molecular weight excluding hydrogens is 337 g/mol. The maximum atomic E-state index is 13.7. The fourth-order valence-corrected chi connectivity index (χ4v) is 2.23. The van der Waals surface area contributed by atoms with E-state index in [1.54, 1.807) is 32.9 Å². The van der Waals surface area contributed by atoms with Crippen molar-refractivity contribution in [3.8, 4) is 11.8 Å². The lowest BCUT2D eigenvalue weighted by Crippen LogP contribution is -2.17. The van der Waals surface area contributed by atoms with Crippen LogP contribution in [0, 0.1) is 26.6 Å². The Hall–Kier alpha value is -3.42. The van der Waals surface area contributed by atoms with Crippen molar-refractivity contribution in [1.82, 2.24) is 19.9 Å². The second-order valence-electron chi connectivity index (χ2n) is 5.58. The molecule has 0 fully saturated rings. The average molecular weight is 353 g/mol. The molecule has 1 amide bonds. The van der Waals surface area contributed by atoms with Crippen molar-refractivity contribution in [2.75, 3.05) is 5.32 Å². The summed E-state index contributed by atoms with van der Waals surface area (Å²) >= 11 is 0. The molecule has 0 aliphatic carbocycles. The molecule has 132 valence electrons. The fraction of sp³-hybridized carbons (Fsp3) is 0.167. The largest absolute Gasteiger partial charge is 0.421 e. The molecule has 0 saturated heterocycles. The lowest BCUT2D eigenvalue weighted by atomic mass is 10.2. The number of nitrogens with zero attached hydrogens (tertiary/aromatic N) is 4. The van der Waals surface area contributed by atoms with Crippen molar-refractivity contribution in [3.05, 3.63) is 65.3 Å². The molecule has 3 rings (SSSR count). The predicted octanol–water partition coefficient (Wildman–Crippen LogP) is 3.38. The standard InChI is InChI=1S/C18H16FN5O2/c1-10-8-21-14(9-20-10)17(25)24-16-11(2)22-18(23-12(16)3)26-15-7-5-4-6-13(15)19/h4-9H,1-3H3,(H,24,25). The van der Waals surface area contributed by atoms with Gasteiger partial charge in [-0.25, -0.2) is 9.37 Å². The Morgan fingerprint density at radius 1 is 1.04 bits per heavy atom. The van der Waals surface area contributed by atoms with Crippen LogP contribution in [0.25, 0.3) is 0 Å². The first-order valence-electron chi connectivity index (χ1n) is 7.81. The number of aryl methyl sites for hydroxylation is 3. The van der Waals surface area contributed by atoms with Crippen molar-refractivity contribution in [2.45, 2.75) is 20.8 Å². The Morgan fingerprint density at radius 2 is 1.73 bits per heavy atom. The number of halogens is 1. The zero-order chi connectivity index (χ0) is 18.7. The number of para-hydroxylation sites is 1. The third-order valence-corrected chi connectivity index (χ3v) is 3.54. The van der Waals surface area contributed by atoms with E-state index in [9.17, 15) is 9.18 Å². The van der Waals surface area contributed by atoms with E-state index in [1.165, 1.54) is 24.5 Å². The zero-order valence-corrected chi connectivity index (χ0v) is 14.4. The number of rotatable bonds is 4. The Kier molecular flexibility index (Phi) is 4.83. The number of nitrogens with one attached hydrogen (secondary N) is 1. The summed E-state index contributed by atoms with van der Waals surface area (Å²) in [5.41, 5.74) is 2.31. The van der Waals surface area contributed by atoms with Crippen LogP contribution in [0.15, 0.2) is 36.7 Å². The molecule has 1 aromatic carbocycles. The fourth-order valence-electron chi connectivity index (χ4n) is 2.23. The van der Waals surface area contributed by atoms with E-state index in [0.717, 1.165) is 0 Å². The van der Waals surface area contributed by atoms with Crippen molar-refractivity contribution < 1.29 is 13.9 Å². The van der Waals surface area contributed by atoms with Crippen LogP contribution in [0.1, 0.15) is 27.6 Å². The minimum Gasteiger partial charge on any atom is -0.421 e. The van der Waals surface area contributed by atoms with Gasteiger partial charge in [0.1, 0.15) is 5.69 Å². The van der Waals surface area contributed by atoms with Gasteiger partial charge in [0.2, 0.25) is 0 Å². The van der Waals surface area contributed by atoms with Crippen molar-refractivity contribution in [1.29, 1.82) is 0 Å². The Balaban J connectivity index is 1.82. The number of amides is 1. The average Bonchev–Trinajstić information content (AvgIpc) is 2.60. The highest BCUT2D eigenvalue weighted by molar-refractivity contribution is 6.03. The van der Waals surface area contributed by atoms with Crippen LogP contribution in [-0.2, 0) is 0 Å². The summed E-state index contributed by atoms with van der Waals surface area (Å²) in [6.45, 7) is 5.17. The van der Waals surface area contributed by atoms with Gasteiger partial charge in [0, 0.05) is 6.20 Å². The van der Waals surface area contributed by atoms with Crippen molar-refractivity contribution in [3.63, 3.8) is 0 Å². The molecule has 8 heteroatoms. The molecule has 0 aliphatic rings. The normalized spacial score (nSPS) is 10.5. The zero-order valence-electron chi connectivity index (χ0n) is 14.4. The summed E-state index contributed by atoms with van der Waals surface area (Å²) < 4.78 is 19.1. The topological polar surface area (TPSA) is 89.9 Å². The molecule has 0 aliphatic heterocycles. The lowest BCUT2D eigenvalue weighted by Gasteiger charge is -2.12. The second kappa shape index (κ2) is 7.22. The number of anilines is 1. The van der Waals surface area contributed by atoms with E-state index < -0.39 is 11.7 Å². The van der Waals surface area contributed by atoms with E-state index in [1.807, 2.05) is 0 Å². The van der Waals surface area contributed by atoms with Gasteiger partial charge in [-0.15, -0.1) is 0 Å². The molecule has 0 atom stereocenters. The molecule has 3 aromatic rings. The number of benzene rings is 1. The SMILES string of the molecule is Cc1cnc(C(=O)Nc2c(C)nc(Oc3ccccc3F)nc2C)cn1. The molecule has 0 radical (unpaired) electrons. The van der Waals surface area contributed by atoms with E-state index in [0.29, 0.717) is 22.8 Å². The molecule has 0 saturated carbocycles. The first-order valence-corrected chi connectivity index (χ1v) is 7.81. The Morgan fingerprint density at radius 3 is 2.35 bits per heavy atom. The molecule has 1 N–H and O–H groups in total. The van der Waals surface area contributed by atoms with Crippen LogP contribution in [0.3, 0.4) is 0 Å². The molecule has 0 unspecified atom stereocenters. The smallest absolute Gasteiger partial charge is 0.322 e. The van der Waals surface area contributed by atoms with Gasteiger partial charge in [-0.2, -0.15) is 9.97 Å². The monoisotopic (exact) mass is 353 g/mol. The third kappa shape index (κ3) is 3.80. The van der Waals surface area contributed by atoms with E-state index in [4.69, 9.17) is 4.74 Å². The van der Waals surface area contributed by atoms with Gasteiger partial charge in [-0.1, -0.05) is 12.1 Å². The van der Waals surface area contributed by atoms with Gasteiger partial charge < -0.3 is 10.1 Å². The van der Waals surface area contributed by atoms with Crippen LogP contribution in [0.5, 0.6) is 11.8 Å². The lowest BCUT2D eigenvalue weighted by molar-refractivity contribution is 0.102. The van der Waals surface area contributed by atoms with E-state index in [2.05, 4.69) is 25.3 Å². The van der Waals surface area contributed by atoms with Gasteiger partial charge in [0.25, 0.3) is 5.91 Å². The second-order valence-corrected chi connectivity index (χ2v) is 5.58. The van der Waals surface area contributed by atoms with Crippen LogP contribution >= 0.6 is 0 Å². The van der Waals surface area contributed by atoms with Crippen LogP contribution in [-0.4, -0.2) is 25.8 Å². The van der Waals surface area contributed by atoms with Crippen molar-refractivity contribution in [2.24, 2.45) is 0 Å². The quantitative estimate of drug-likeness (QED) is 0.773. The maximum Gasteiger partial charge on any atom is 0.322 e.